The topological polar surface area (TPSA) is 37.8 Å². The highest BCUT2D eigenvalue weighted by molar-refractivity contribution is 5.36. The largest absolute Gasteiger partial charge is 0.367 e. The van der Waals surface area contributed by atoms with Crippen LogP contribution in [0.15, 0.2) is 25.0 Å². The molecule has 0 spiro atoms. The van der Waals surface area contributed by atoms with Crippen molar-refractivity contribution in [2.75, 3.05) is 11.9 Å². The predicted molar refractivity (Wildman–Crippen MR) is 61.9 cm³/mol. The minimum atomic E-state index is 0.650. The van der Waals surface area contributed by atoms with Crippen LogP contribution in [0.2, 0.25) is 0 Å². The number of hydrogen-bond acceptors (Lipinski definition) is 3. The van der Waals surface area contributed by atoms with E-state index in [9.17, 15) is 0 Å². The Morgan fingerprint density at radius 1 is 1.40 bits per heavy atom. The van der Waals surface area contributed by atoms with Crippen LogP contribution in [-0.4, -0.2) is 16.5 Å². The molecule has 0 atom stereocenters. The summed E-state index contributed by atoms with van der Waals surface area (Å²) >= 11 is 0. The van der Waals surface area contributed by atoms with E-state index in [0.717, 1.165) is 12.4 Å². The van der Waals surface area contributed by atoms with Crippen LogP contribution < -0.4 is 5.32 Å². The molecule has 1 aromatic heterocycles. The maximum Gasteiger partial charge on any atom is 0.129 e. The van der Waals surface area contributed by atoms with Crippen molar-refractivity contribution in [1.29, 1.82) is 0 Å². The first-order valence-electron chi connectivity index (χ1n) is 5.57. The molecule has 1 N–H and O–H groups in total. The number of anilines is 1. The summed E-state index contributed by atoms with van der Waals surface area (Å²) in [6.45, 7) is 4.42. The average molecular weight is 203 g/mol. The summed E-state index contributed by atoms with van der Waals surface area (Å²) in [5.41, 5.74) is 1.19. The van der Waals surface area contributed by atoms with Gasteiger partial charge >= 0.3 is 0 Å². The van der Waals surface area contributed by atoms with E-state index in [4.69, 9.17) is 0 Å². The van der Waals surface area contributed by atoms with E-state index in [1.54, 1.807) is 6.33 Å². The van der Waals surface area contributed by atoms with Crippen LogP contribution in [0, 0.1) is 0 Å². The van der Waals surface area contributed by atoms with E-state index in [0.29, 0.717) is 5.92 Å². The molecule has 3 nitrogen and oxygen atoms in total. The average Bonchev–Trinajstić information content (AvgIpc) is 2.80. The van der Waals surface area contributed by atoms with Gasteiger partial charge in [0.05, 0.1) is 0 Å². The monoisotopic (exact) mass is 203 g/mol. The van der Waals surface area contributed by atoms with E-state index in [1.807, 2.05) is 6.08 Å². The lowest BCUT2D eigenvalue weighted by Crippen LogP contribution is -2.03. The van der Waals surface area contributed by atoms with Crippen LogP contribution in [0.5, 0.6) is 0 Å². The number of nitrogens with one attached hydrogen (secondary N) is 1. The molecule has 1 saturated carbocycles. The lowest BCUT2D eigenvalue weighted by molar-refractivity contribution is 0.694. The molecule has 1 fully saturated rings. The Labute approximate surface area is 90.6 Å². The molecule has 0 amide bonds. The van der Waals surface area contributed by atoms with Crippen LogP contribution >= 0.6 is 0 Å². The van der Waals surface area contributed by atoms with Crippen molar-refractivity contribution in [1.82, 2.24) is 9.97 Å². The Kier molecular flexibility index (Phi) is 3.33. The summed E-state index contributed by atoms with van der Waals surface area (Å²) in [4.78, 5) is 8.53. The number of hydrogen-bond donors (Lipinski definition) is 1. The summed E-state index contributed by atoms with van der Waals surface area (Å²) in [7, 11) is 0. The molecule has 0 bridgehead atoms. The van der Waals surface area contributed by atoms with Crippen LogP contribution in [-0.2, 0) is 0 Å². The highest BCUT2D eigenvalue weighted by Crippen LogP contribution is 2.33. The Balaban J connectivity index is 2.07. The zero-order valence-corrected chi connectivity index (χ0v) is 8.95. The summed E-state index contributed by atoms with van der Waals surface area (Å²) in [6, 6.07) is 2.07. The molecular formula is C12H17N3. The van der Waals surface area contributed by atoms with Crippen molar-refractivity contribution in [2.24, 2.45) is 0 Å². The Hall–Kier alpha value is -1.38. The molecule has 0 aliphatic heterocycles. The van der Waals surface area contributed by atoms with Crippen LogP contribution in [0.4, 0.5) is 5.82 Å². The Bertz CT molecular complexity index is 329. The van der Waals surface area contributed by atoms with Crippen molar-refractivity contribution in [2.45, 2.75) is 31.6 Å². The molecule has 2 rings (SSSR count). The van der Waals surface area contributed by atoms with Crippen molar-refractivity contribution in [3.63, 3.8) is 0 Å². The zero-order chi connectivity index (χ0) is 10.5. The van der Waals surface area contributed by atoms with Crippen molar-refractivity contribution < 1.29 is 0 Å². The lowest BCUT2D eigenvalue weighted by atomic mass is 10.0. The molecule has 0 unspecified atom stereocenters. The molecule has 80 valence electrons. The fourth-order valence-corrected chi connectivity index (χ4v) is 2.09. The minimum absolute atomic E-state index is 0.650. The van der Waals surface area contributed by atoms with Crippen LogP contribution in [0.1, 0.15) is 37.3 Å². The maximum absolute atomic E-state index is 4.35. The number of rotatable bonds is 4. The maximum atomic E-state index is 4.35. The molecule has 1 aromatic rings. The molecule has 0 aromatic carbocycles. The summed E-state index contributed by atoms with van der Waals surface area (Å²) in [5.74, 6) is 1.56. The highest BCUT2D eigenvalue weighted by Gasteiger charge is 2.18. The van der Waals surface area contributed by atoms with Gasteiger partial charge in [-0.25, -0.2) is 9.97 Å². The second-order valence-electron chi connectivity index (χ2n) is 3.98. The molecule has 1 aliphatic carbocycles. The first kappa shape index (κ1) is 10.1. The third-order valence-electron chi connectivity index (χ3n) is 2.89. The zero-order valence-electron chi connectivity index (χ0n) is 8.95. The molecule has 1 aliphatic rings. The Morgan fingerprint density at radius 3 is 2.93 bits per heavy atom. The van der Waals surface area contributed by atoms with E-state index in [1.165, 1.54) is 31.4 Å². The summed E-state index contributed by atoms with van der Waals surface area (Å²) in [5, 5.41) is 3.19. The van der Waals surface area contributed by atoms with Crippen molar-refractivity contribution in [3.05, 3.63) is 30.7 Å². The first-order chi connectivity index (χ1) is 7.40. The normalized spacial score (nSPS) is 16.5. The second kappa shape index (κ2) is 4.91. The quantitative estimate of drug-likeness (QED) is 0.764. The molecule has 0 radical (unpaired) electrons. The third-order valence-corrected chi connectivity index (χ3v) is 2.89. The first-order valence-corrected chi connectivity index (χ1v) is 5.57. The SMILES string of the molecule is C=CCNc1cc(C2CCCC2)ncn1. The van der Waals surface area contributed by atoms with Gasteiger partial charge in [-0.3, -0.25) is 0 Å². The Morgan fingerprint density at radius 2 is 2.20 bits per heavy atom. The van der Waals surface area contributed by atoms with Crippen LogP contribution in [0.3, 0.4) is 0 Å². The number of aromatic nitrogens is 2. The van der Waals surface area contributed by atoms with E-state index >= 15 is 0 Å². The standard InChI is InChI=1S/C12H17N3/c1-2-7-13-12-8-11(14-9-15-12)10-5-3-4-6-10/h2,8-10H,1,3-7H2,(H,13,14,15). The smallest absolute Gasteiger partial charge is 0.129 e. The van der Waals surface area contributed by atoms with Gasteiger partial charge in [0.1, 0.15) is 12.1 Å². The summed E-state index contributed by atoms with van der Waals surface area (Å²) < 4.78 is 0. The van der Waals surface area contributed by atoms with Crippen molar-refractivity contribution in [3.8, 4) is 0 Å². The van der Waals surface area contributed by atoms with Gasteiger partial charge in [0.25, 0.3) is 0 Å². The van der Waals surface area contributed by atoms with Gasteiger partial charge in [0.2, 0.25) is 0 Å². The van der Waals surface area contributed by atoms with Gasteiger partial charge in [-0.15, -0.1) is 6.58 Å². The van der Waals surface area contributed by atoms with Crippen LogP contribution in [0.25, 0.3) is 0 Å². The van der Waals surface area contributed by atoms with Gasteiger partial charge in [0, 0.05) is 24.2 Å². The molecule has 1 heterocycles. The predicted octanol–water partition coefficient (Wildman–Crippen LogP) is 2.73. The number of nitrogens with zero attached hydrogens (tertiary/aromatic N) is 2. The lowest BCUT2D eigenvalue weighted by Gasteiger charge is -2.09. The van der Waals surface area contributed by atoms with Crippen molar-refractivity contribution >= 4 is 5.82 Å². The fourth-order valence-electron chi connectivity index (χ4n) is 2.09. The third kappa shape index (κ3) is 2.55. The molecule has 3 heteroatoms. The van der Waals surface area contributed by atoms with E-state index < -0.39 is 0 Å². The minimum Gasteiger partial charge on any atom is -0.367 e. The van der Waals surface area contributed by atoms with E-state index in [2.05, 4.69) is 27.9 Å². The molecule has 0 saturated heterocycles. The van der Waals surface area contributed by atoms with Gasteiger partial charge in [-0.2, -0.15) is 0 Å². The molecule has 15 heavy (non-hydrogen) atoms. The van der Waals surface area contributed by atoms with Gasteiger partial charge in [-0.05, 0) is 12.8 Å². The second-order valence-corrected chi connectivity index (χ2v) is 3.98. The fraction of sp³-hybridized carbons (Fsp3) is 0.500. The van der Waals surface area contributed by atoms with Gasteiger partial charge in [0.15, 0.2) is 0 Å². The van der Waals surface area contributed by atoms with E-state index in [-0.39, 0.29) is 0 Å². The highest BCUT2D eigenvalue weighted by atomic mass is 15.0. The van der Waals surface area contributed by atoms with Gasteiger partial charge < -0.3 is 5.32 Å². The molecular weight excluding hydrogens is 186 g/mol. The summed E-state index contributed by atoms with van der Waals surface area (Å²) in [6.07, 6.45) is 8.71. The van der Waals surface area contributed by atoms with Gasteiger partial charge in [-0.1, -0.05) is 18.9 Å².